The molecule has 0 unspecified atom stereocenters. The average Bonchev–Trinajstić information content (AvgIpc) is 2.85. The van der Waals surface area contributed by atoms with Gasteiger partial charge >= 0.3 is 0 Å². The van der Waals surface area contributed by atoms with Crippen LogP contribution in [0.3, 0.4) is 0 Å². The first kappa shape index (κ1) is 25.2. The Morgan fingerprint density at radius 2 is 1.56 bits per heavy atom. The van der Waals surface area contributed by atoms with Crippen LogP contribution in [-0.4, -0.2) is 48.2 Å². The lowest BCUT2D eigenvalue weighted by Crippen LogP contribution is -2.42. The number of ether oxygens (including phenoxy) is 3. The molecule has 0 aliphatic heterocycles. The highest BCUT2D eigenvalue weighted by atomic mass is 35.5. The fourth-order valence-electron chi connectivity index (χ4n) is 3.15. The van der Waals surface area contributed by atoms with Crippen molar-refractivity contribution in [2.45, 2.75) is 4.90 Å². The molecule has 3 rings (SSSR count). The zero-order valence-electron chi connectivity index (χ0n) is 18.7. The Bertz CT molecular complexity index is 1220. The number of carbonyl (C=O) groups excluding carboxylic acids is 1. The van der Waals surface area contributed by atoms with Crippen LogP contribution in [0.15, 0.2) is 77.7 Å². The van der Waals surface area contributed by atoms with Crippen molar-refractivity contribution < 1.29 is 27.4 Å². The van der Waals surface area contributed by atoms with Gasteiger partial charge in [-0.25, -0.2) is 8.42 Å². The minimum Gasteiger partial charge on any atom is -0.495 e. The normalized spacial score (nSPS) is 10.9. The number of amides is 1. The van der Waals surface area contributed by atoms with Gasteiger partial charge in [-0.1, -0.05) is 41.9 Å². The van der Waals surface area contributed by atoms with Gasteiger partial charge in [-0.2, -0.15) is 0 Å². The number of nitrogens with zero attached hydrogens (tertiary/aromatic N) is 1. The number of anilines is 1. The monoisotopic (exact) mass is 504 g/mol. The van der Waals surface area contributed by atoms with Gasteiger partial charge in [-0.15, -0.1) is 0 Å². The van der Waals surface area contributed by atoms with Crippen LogP contribution < -0.4 is 23.8 Å². The standard InChI is InChI=1S/C24H25ClN2O6S/c1-31-21-13-12-18(25)16-20(21)27(34(29,30)19-8-4-3-5-9-19)17-24(28)26-14-15-33-23-11-7-6-10-22(23)32-2/h3-13,16H,14-15,17H2,1-2H3,(H,26,28). The van der Waals surface area contributed by atoms with Crippen molar-refractivity contribution in [2.24, 2.45) is 0 Å². The van der Waals surface area contributed by atoms with Crippen molar-refractivity contribution >= 4 is 33.2 Å². The van der Waals surface area contributed by atoms with Gasteiger partial charge in [0.05, 0.1) is 31.3 Å². The summed E-state index contributed by atoms with van der Waals surface area (Å²) in [5, 5.41) is 2.98. The van der Waals surface area contributed by atoms with E-state index in [1.165, 1.54) is 32.4 Å². The maximum atomic E-state index is 13.4. The van der Waals surface area contributed by atoms with Crippen LogP contribution in [0, 0.1) is 0 Å². The lowest BCUT2D eigenvalue weighted by atomic mass is 10.3. The van der Waals surface area contributed by atoms with Crippen LogP contribution in [-0.2, 0) is 14.8 Å². The lowest BCUT2D eigenvalue weighted by Gasteiger charge is -2.26. The van der Waals surface area contributed by atoms with Crippen LogP contribution in [0.25, 0.3) is 0 Å². The molecule has 3 aromatic rings. The molecule has 1 amide bonds. The first-order valence-electron chi connectivity index (χ1n) is 10.3. The maximum Gasteiger partial charge on any atom is 0.264 e. The molecule has 1 N–H and O–H groups in total. The second-order valence-corrected chi connectivity index (χ2v) is 9.29. The fourth-order valence-corrected chi connectivity index (χ4v) is 4.76. The van der Waals surface area contributed by atoms with Crippen LogP contribution in [0.4, 0.5) is 5.69 Å². The Kier molecular flexibility index (Phi) is 8.61. The first-order chi connectivity index (χ1) is 16.4. The van der Waals surface area contributed by atoms with Crippen molar-refractivity contribution in [3.63, 3.8) is 0 Å². The first-order valence-corrected chi connectivity index (χ1v) is 12.1. The second-order valence-electron chi connectivity index (χ2n) is 6.99. The van der Waals surface area contributed by atoms with Crippen LogP contribution in [0.5, 0.6) is 17.2 Å². The smallest absolute Gasteiger partial charge is 0.264 e. The van der Waals surface area contributed by atoms with Gasteiger partial charge in [0.15, 0.2) is 11.5 Å². The summed E-state index contributed by atoms with van der Waals surface area (Å²) < 4.78 is 44.1. The molecule has 0 fully saturated rings. The summed E-state index contributed by atoms with van der Waals surface area (Å²) in [7, 11) is -1.15. The Labute approximate surface area is 204 Å². The van der Waals surface area contributed by atoms with Gasteiger partial charge < -0.3 is 19.5 Å². The number of sulfonamides is 1. The average molecular weight is 505 g/mol. The summed E-state index contributed by atoms with van der Waals surface area (Å²) in [6.07, 6.45) is 0. The molecular weight excluding hydrogens is 480 g/mol. The van der Waals surface area contributed by atoms with Gasteiger partial charge in [-0.3, -0.25) is 9.10 Å². The number of carbonyl (C=O) groups is 1. The highest BCUT2D eigenvalue weighted by Gasteiger charge is 2.29. The summed E-state index contributed by atoms with van der Waals surface area (Å²) in [6.45, 7) is -0.163. The minimum absolute atomic E-state index is 0.0318. The van der Waals surface area contributed by atoms with E-state index in [0.29, 0.717) is 16.5 Å². The van der Waals surface area contributed by atoms with Crippen molar-refractivity contribution in [2.75, 3.05) is 38.2 Å². The van der Waals surface area contributed by atoms with E-state index >= 15 is 0 Å². The number of halogens is 1. The molecule has 0 saturated heterocycles. The van der Waals surface area contributed by atoms with Gasteiger partial charge in [0.2, 0.25) is 5.91 Å². The second kappa shape index (κ2) is 11.6. The molecule has 3 aromatic carbocycles. The Balaban J connectivity index is 1.77. The zero-order chi connectivity index (χ0) is 24.6. The van der Waals surface area contributed by atoms with Crippen molar-refractivity contribution in [1.82, 2.24) is 5.32 Å². The molecule has 0 saturated carbocycles. The Morgan fingerprint density at radius 3 is 2.24 bits per heavy atom. The molecule has 0 radical (unpaired) electrons. The predicted molar refractivity (Wildman–Crippen MR) is 130 cm³/mol. The molecule has 0 bridgehead atoms. The van der Waals surface area contributed by atoms with Crippen LogP contribution >= 0.6 is 11.6 Å². The molecule has 10 heteroatoms. The van der Waals surface area contributed by atoms with E-state index in [2.05, 4.69) is 5.32 Å². The fraction of sp³-hybridized carbons (Fsp3) is 0.208. The summed E-state index contributed by atoms with van der Waals surface area (Å²) >= 11 is 6.13. The van der Waals surface area contributed by atoms with Crippen LogP contribution in [0.1, 0.15) is 0 Å². The summed E-state index contributed by atoms with van der Waals surface area (Å²) in [5.74, 6) is 0.847. The number of nitrogens with one attached hydrogen (secondary N) is 1. The van der Waals surface area contributed by atoms with Gasteiger partial charge in [0.25, 0.3) is 10.0 Å². The maximum absolute atomic E-state index is 13.4. The number of hydrogen-bond acceptors (Lipinski definition) is 6. The van der Waals surface area contributed by atoms with Crippen molar-refractivity contribution in [3.05, 3.63) is 77.8 Å². The Hall–Kier alpha value is -3.43. The summed E-state index contributed by atoms with van der Waals surface area (Å²) in [6, 6.07) is 19.5. The molecule has 0 heterocycles. The molecule has 0 spiro atoms. The summed E-state index contributed by atoms with van der Waals surface area (Å²) in [4.78, 5) is 12.8. The number of methoxy groups -OCH3 is 2. The molecule has 180 valence electrons. The highest BCUT2D eigenvalue weighted by molar-refractivity contribution is 7.92. The predicted octanol–water partition coefficient (Wildman–Crippen LogP) is 3.75. The third kappa shape index (κ3) is 6.12. The van der Waals surface area contributed by atoms with Gasteiger partial charge in [-0.05, 0) is 42.5 Å². The molecule has 0 aliphatic rings. The van der Waals surface area contributed by atoms with E-state index in [4.69, 9.17) is 25.8 Å². The minimum atomic E-state index is -4.10. The van der Waals surface area contributed by atoms with E-state index in [0.717, 1.165) is 4.31 Å². The molecule has 0 aliphatic carbocycles. The van der Waals surface area contributed by atoms with E-state index in [1.807, 2.05) is 6.07 Å². The zero-order valence-corrected chi connectivity index (χ0v) is 20.3. The van der Waals surface area contributed by atoms with E-state index in [9.17, 15) is 13.2 Å². The largest absolute Gasteiger partial charge is 0.495 e. The quantitative estimate of drug-likeness (QED) is 0.400. The molecular formula is C24H25ClN2O6S. The van der Waals surface area contributed by atoms with Crippen molar-refractivity contribution in [3.8, 4) is 17.2 Å². The summed E-state index contributed by atoms with van der Waals surface area (Å²) in [5.41, 5.74) is 0.152. The van der Waals surface area contributed by atoms with Gasteiger partial charge in [0, 0.05) is 5.02 Å². The highest BCUT2D eigenvalue weighted by Crippen LogP contribution is 2.34. The molecule has 8 nitrogen and oxygen atoms in total. The lowest BCUT2D eigenvalue weighted by molar-refractivity contribution is -0.119. The third-order valence-corrected chi connectivity index (χ3v) is 6.79. The topological polar surface area (TPSA) is 94.2 Å². The van der Waals surface area contributed by atoms with E-state index in [1.54, 1.807) is 48.5 Å². The molecule has 0 aromatic heterocycles. The SMILES string of the molecule is COc1ccccc1OCCNC(=O)CN(c1cc(Cl)ccc1OC)S(=O)(=O)c1ccccc1. The van der Waals surface area contributed by atoms with Crippen molar-refractivity contribution in [1.29, 1.82) is 0 Å². The number of para-hydroxylation sites is 2. The molecule has 34 heavy (non-hydrogen) atoms. The van der Waals surface area contributed by atoms with E-state index in [-0.39, 0.29) is 29.5 Å². The van der Waals surface area contributed by atoms with Crippen LogP contribution in [0.2, 0.25) is 5.02 Å². The number of hydrogen-bond donors (Lipinski definition) is 1. The molecule has 0 atom stereocenters. The third-order valence-electron chi connectivity index (χ3n) is 4.78. The van der Waals surface area contributed by atoms with Gasteiger partial charge in [0.1, 0.15) is 18.9 Å². The Morgan fingerprint density at radius 1 is 0.912 bits per heavy atom. The number of rotatable bonds is 11. The number of benzene rings is 3. The van der Waals surface area contributed by atoms with E-state index < -0.39 is 22.5 Å².